The van der Waals surface area contributed by atoms with Crippen LogP contribution in [0.2, 0.25) is 0 Å². The van der Waals surface area contributed by atoms with Gasteiger partial charge in [-0.2, -0.15) is 24.9 Å². The summed E-state index contributed by atoms with van der Waals surface area (Å²) in [7, 11) is 0. The summed E-state index contributed by atoms with van der Waals surface area (Å²) in [6, 6.07) is 2.09. The average Bonchev–Trinajstić information content (AvgIpc) is 2.38. The smallest absolute Gasteiger partial charge is 0.350 e. The molecule has 118 valence electrons. The third-order valence-corrected chi connectivity index (χ3v) is 3.74. The second kappa shape index (κ2) is 7.68. The number of alkyl halides is 3. The van der Waals surface area contributed by atoms with Crippen LogP contribution in [0.15, 0.2) is 18.2 Å². The van der Waals surface area contributed by atoms with Crippen LogP contribution in [-0.2, 0) is 6.18 Å². The minimum atomic E-state index is -4.82. The molecule has 0 aromatic heterocycles. The second-order valence-corrected chi connectivity index (χ2v) is 5.95. The highest BCUT2D eigenvalue weighted by Crippen LogP contribution is 2.31. The van der Waals surface area contributed by atoms with Gasteiger partial charge in [-0.05, 0) is 43.0 Å². The lowest BCUT2D eigenvalue weighted by Gasteiger charge is -2.14. The maximum atomic E-state index is 13.1. The highest BCUT2D eigenvalue weighted by Gasteiger charge is 2.34. The number of hydrogen-bond acceptors (Lipinski definition) is 2. The molecule has 1 aromatic rings. The number of benzene rings is 1. The summed E-state index contributed by atoms with van der Waals surface area (Å²) in [4.78, 5) is 11.9. The first kappa shape index (κ1) is 17.8. The van der Waals surface area contributed by atoms with E-state index in [9.17, 15) is 22.4 Å². The van der Waals surface area contributed by atoms with Gasteiger partial charge in [-0.15, -0.1) is 0 Å². The number of rotatable bonds is 6. The first-order chi connectivity index (χ1) is 9.75. The standard InChI is InChI=1S/C14H17F4NOS/c1-3-21-7-6-9(2)19-13(20)10-4-5-12(15)11(8-10)14(16,17)18/h4-5,8-9H,3,6-7H2,1-2H3,(H,19,20). The van der Waals surface area contributed by atoms with Gasteiger partial charge in [0.05, 0.1) is 5.56 Å². The Hall–Kier alpha value is -1.24. The van der Waals surface area contributed by atoms with Gasteiger partial charge in [0.25, 0.3) is 5.91 Å². The Morgan fingerprint density at radius 3 is 2.62 bits per heavy atom. The minimum absolute atomic E-state index is 0.157. The van der Waals surface area contributed by atoms with Crippen molar-refractivity contribution in [2.45, 2.75) is 32.5 Å². The van der Waals surface area contributed by atoms with E-state index in [-0.39, 0.29) is 11.6 Å². The molecule has 0 bridgehead atoms. The zero-order chi connectivity index (χ0) is 16.0. The minimum Gasteiger partial charge on any atom is -0.350 e. The summed E-state index contributed by atoms with van der Waals surface area (Å²) in [5, 5.41) is 2.61. The Balaban J connectivity index is 2.75. The van der Waals surface area contributed by atoms with E-state index in [1.54, 1.807) is 18.7 Å². The first-order valence-corrected chi connectivity index (χ1v) is 7.66. The number of amides is 1. The fourth-order valence-electron chi connectivity index (χ4n) is 1.67. The maximum absolute atomic E-state index is 13.1. The fraction of sp³-hybridized carbons (Fsp3) is 0.500. The molecular weight excluding hydrogens is 306 g/mol. The lowest BCUT2D eigenvalue weighted by molar-refractivity contribution is -0.140. The van der Waals surface area contributed by atoms with Crippen LogP contribution in [0.3, 0.4) is 0 Å². The highest BCUT2D eigenvalue weighted by atomic mass is 32.2. The van der Waals surface area contributed by atoms with Crippen LogP contribution < -0.4 is 5.32 Å². The van der Waals surface area contributed by atoms with Gasteiger partial charge in [0.2, 0.25) is 0 Å². The molecule has 0 spiro atoms. The van der Waals surface area contributed by atoms with E-state index < -0.39 is 23.5 Å². The molecular formula is C14H17F4NOS. The number of thioether (sulfide) groups is 1. The molecule has 0 saturated carbocycles. The van der Waals surface area contributed by atoms with Crippen LogP contribution in [0.1, 0.15) is 36.2 Å². The predicted octanol–water partition coefficient (Wildman–Crippen LogP) is 4.11. The van der Waals surface area contributed by atoms with Crippen molar-refractivity contribution >= 4 is 17.7 Å². The Kier molecular flexibility index (Phi) is 6.51. The van der Waals surface area contributed by atoms with E-state index in [1.165, 1.54) is 0 Å². The van der Waals surface area contributed by atoms with Crippen molar-refractivity contribution in [1.82, 2.24) is 5.32 Å². The van der Waals surface area contributed by atoms with Crippen LogP contribution in [0.5, 0.6) is 0 Å². The molecule has 7 heteroatoms. The second-order valence-electron chi connectivity index (χ2n) is 4.55. The number of carbonyl (C=O) groups is 1. The van der Waals surface area contributed by atoms with Gasteiger partial charge in [0.15, 0.2) is 0 Å². The largest absolute Gasteiger partial charge is 0.419 e. The molecule has 21 heavy (non-hydrogen) atoms. The molecule has 1 atom stereocenters. The quantitative estimate of drug-likeness (QED) is 0.631. The topological polar surface area (TPSA) is 29.1 Å². The molecule has 0 aliphatic rings. The molecule has 1 rings (SSSR count). The lowest BCUT2D eigenvalue weighted by atomic mass is 10.1. The van der Waals surface area contributed by atoms with Crippen molar-refractivity contribution in [3.63, 3.8) is 0 Å². The van der Waals surface area contributed by atoms with Crippen molar-refractivity contribution in [1.29, 1.82) is 0 Å². The SMILES string of the molecule is CCSCCC(C)NC(=O)c1ccc(F)c(C(F)(F)F)c1. The summed E-state index contributed by atoms with van der Waals surface area (Å²) in [5.74, 6) is -0.191. The number of nitrogens with one attached hydrogen (secondary N) is 1. The van der Waals surface area contributed by atoms with Gasteiger partial charge in [-0.1, -0.05) is 6.92 Å². The Bertz CT molecular complexity index is 490. The summed E-state index contributed by atoms with van der Waals surface area (Å²) in [5.41, 5.74) is -1.62. The summed E-state index contributed by atoms with van der Waals surface area (Å²) >= 11 is 1.72. The molecule has 0 radical (unpaired) electrons. The van der Waals surface area contributed by atoms with Crippen molar-refractivity contribution in [3.05, 3.63) is 35.1 Å². The van der Waals surface area contributed by atoms with Crippen molar-refractivity contribution < 1.29 is 22.4 Å². The third-order valence-electron chi connectivity index (χ3n) is 2.81. The fourth-order valence-corrected chi connectivity index (χ4v) is 2.48. The van der Waals surface area contributed by atoms with Crippen LogP contribution in [-0.4, -0.2) is 23.5 Å². The van der Waals surface area contributed by atoms with Gasteiger partial charge in [-0.3, -0.25) is 4.79 Å². The molecule has 1 amide bonds. The van der Waals surface area contributed by atoms with Crippen molar-refractivity contribution in [2.24, 2.45) is 0 Å². The molecule has 0 fully saturated rings. The van der Waals surface area contributed by atoms with E-state index in [4.69, 9.17) is 0 Å². The maximum Gasteiger partial charge on any atom is 0.419 e. The predicted molar refractivity (Wildman–Crippen MR) is 75.9 cm³/mol. The summed E-state index contributed by atoms with van der Waals surface area (Å²) in [6.07, 6.45) is -4.10. The van der Waals surface area contributed by atoms with Gasteiger partial charge in [-0.25, -0.2) is 4.39 Å². The van der Waals surface area contributed by atoms with E-state index in [2.05, 4.69) is 5.32 Å². The van der Waals surface area contributed by atoms with E-state index in [1.807, 2.05) is 6.92 Å². The average molecular weight is 323 g/mol. The van der Waals surface area contributed by atoms with Gasteiger partial charge in [0, 0.05) is 11.6 Å². The summed E-state index contributed by atoms with van der Waals surface area (Å²) < 4.78 is 50.9. The Morgan fingerprint density at radius 2 is 2.05 bits per heavy atom. The van der Waals surface area contributed by atoms with Crippen molar-refractivity contribution in [3.8, 4) is 0 Å². The molecule has 1 aromatic carbocycles. The monoisotopic (exact) mass is 323 g/mol. The third kappa shape index (κ3) is 5.57. The molecule has 1 N–H and O–H groups in total. The summed E-state index contributed by atoms with van der Waals surface area (Å²) in [6.45, 7) is 3.80. The van der Waals surface area contributed by atoms with Crippen LogP contribution in [0.4, 0.5) is 17.6 Å². The van der Waals surface area contributed by atoms with E-state index in [0.29, 0.717) is 12.1 Å². The van der Waals surface area contributed by atoms with Gasteiger partial charge < -0.3 is 5.32 Å². The normalized spacial score (nSPS) is 13.0. The first-order valence-electron chi connectivity index (χ1n) is 6.51. The molecule has 2 nitrogen and oxygen atoms in total. The van der Waals surface area contributed by atoms with Crippen LogP contribution >= 0.6 is 11.8 Å². The molecule has 0 aliphatic carbocycles. The Labute approximate surface area is 125 Å². The van der Waals surface area contributed by atoms with E-state index in [0.717, 1.165) is 24.0 Å². The highest BCUT2D eigenvalue weighted by molar-refractivity contribution is 7.99. The van der Waals surface area contributed by atoms with Crippen LogP contribution in [0, 0.1) is 5.82 Å². The zero-order valence-electron chi connectivity index (χ0n) is 11.8. The number of halogens is 4. The van der Waals surface area contributed by atoms with Crippen molar-refractivity contribution in [2.75, 3.05) is 11.5 Å². The molecule has 0 heterocycles. The number of hydrogen-bond donors (Lipinski definition) is 1. The lowest BCUT2D eigenvalue weighted by Crippen LogP contribution is -2.33. The van der Waals surface area contributed by atoms with E-state index >= 15 is 0 Å². The zero-order valence-corrected chi connectivity index (χ0v) is 12.6. The van der Waals surface area contributed by atoms with Gasteiger partial charge in [0.1, 0.15) is 5.82 Å². The van der Waals surface area contributed by atoms with Crippen LogP contribution in [0.25, 0.3) is 0 Å². The Morgan fingerprint density at radius 1 is 1.38 bits per heavy atom. The van der Waals surface area contributed by atoms with Gasteiger partial charge >= 0.3 is 6.18 Å². The molecule has 0 aliphatic heterocycles. The molecule has 0 saturated heterocycles. The number of carbonyl (C=O) groups excluding carboxylic acids is 1. The molecule has 1 unspecified atom stereocenters.